The molecule has 0 heterocycles. The average Bonchev–Trinajstić information content (AvgIpc) is 2.77. The van der Waals surface area contributed by atoms with Gasteiger partial charge in [0.2, 0.25) is 5.91 Å². The smallest absolute Gasteiger partial charge is 0.229 e. The van der Waals surface area contributed by atoms with Crippen molar-refractivity contribution in [1.29, 1.82) is 0 Å². The van der Waals surface area contributed by atoms with Crippen molar-refractivity contribution in [1.82, 2.24) is 0 Å². The van der Waals surface area contributed by atoms with Crippen molar-refractivity contribution < 1.29 is 9.53 Å². The van der Waals surface area contributed by atoms with E-state index in [4.69, 9.17) is 10.5 Å². The molecule has 2 atom stereocenters. The van der Waals surface area contributed by atoms with Crippen LogP contribution in [0.1, 0.15) is 33.1 Å². The van der Waals surface area contributed by atoms with Crippen molar-refractivity contribution in [2.75, 3.05) is 5.32 Å². The van der Waals surface area contributed by atoms with Gasteiger partial charge in [-0.15, -0.1) is 0 Å². The second-order valence-electron chi connectivity index (χ2n) is 5.35. The fourth-order valence-electron chi connectivity index (χ4n) is 2.47. The van der Waals surface area contributed by atoms with E-state index in [0.717, 1.165) is 24.9 Å². The molecule has 19 heavy (non-hydrogen) atoms. The molecule has 2 rings (SSSR count). The summed E-state index contributed by atoms with van der Waals surface area (Å²) < 4.78 is 5.69. The van der Waals surface area contributed by atoms with E-state index in [1.807, 2.05) is 38.1 Å². The van der Waals surface area contributed by atoms with E-state index in [-0.39, 0.29) is 24.0 Å². The van der Waals surface area contributed by atoms with Gasteiger partial charge in [0.05, 0.1) is 17.7 Å². The molecule has 0 saturated heterocycles. The topological polar surface area (TPSA) is 64.3 Å². The van der Waals surface area contributed by atoms with E-state index in [0.29, 0.717) is 5.75 Å². The Morgan fingerprint density at radius 2 is 2.11 bits per heavy atom. The number of para-hydroxylation sites is 2. The van der Waals surface area contributed by atoms with Gasteiger partial charge >= 0.3 is 0 Å². The summed E-state index contributed by atoms with van der Waals surface area (Å²) in [7, 11) is 0. The molecule has 0 aliphatic heterocycles. The molecule has 1 aliphatic rings. The fourth-order valence-corrected chi connectivity index (χ4v) is 2.47. The third kappa shape index (κ3) is 3.47. The lowest BCUT2D eigenvalue weighted by Gasteiger charge is -2.18. The van der Waals surface area contributed by atoms with Crippen LogP contribution in [0.3, 0.4) is 0 Å². The van der Waals surface area contributed by atoms with E-state index >= 15 is 0 Å². The predicted molar refractivity (Wildman–Crippen MR) is 76.2 cm³/mol. The summed E-state index contributed by atoms with van der Waals surface area (Å²) in [5.74, 6) is 0.634. The number of anilines is 1. The fraction of sp³-hybridized carbons (Fsp3) is 0.533. The Kier molecular flexibility index (Phi) is 4.43. The van der Waals surface area contributed by atoms with Crippen molar-refractivity contribution in [2.45, 2.75) is 45.3 Å². The van der Waals surface area contributed by atoms with E-state index in [1.165, 1.54) is 0 Å². The SMILES string of the molecule is CC(C)Oc1ccccc1NC(=O)C1CCCC1N. The van der Waals surface area contributed by atoms with Gasteiger partial charge in [-0.1, -0.05) is 18.6 Å². The van der Waals surface area contributed by atoms with Crippen LogP contribution in [0.5, 0.6) is 5.75 Å². The maximum atomic E-state index is 12.2. The Bertz CT molecular complexity index is 446. The molecule has 0 bridgehead atoms. The van der Waals surface area contributed by atoms with Gasteiger partial charge in [0.1, 0.15) is 5.75 Å². The molecular formula is C15H22N2O2. The number of nitrogens with two attached hydrogens (primary N) is 1. The molecule has 1 saturated carbocycles. The first kappa shape index (κ1) is 13.9. The number of hydrogen-bond acceptors (Lipinski definition) is 3. The maximum absolute atomic E-state index is 12.2. The summed E-state index contributed by atoms with van der Waals surface area (Å²) in [6, 6.07) is 7.49. The summed E-state index contributed by atoms with van der Waals surface area (Å²) in [5.41, 5.74) is 6.68. The van der Waals surface area contributed by atoms with Crippen LogP contribution in [-0.2, 0) is 4.79 Å². The molecule has 4 heteroatoms. The number of nitrogens with one attached hydrogen (secondary N) is 1. The van der Waals surface area contributed by atoms with Crippen molar-refractivity contribution in [2.24, 2.45) is 11.7 Å². The number of rotatable bonds is 4. The van der Waals surface area contributed by atoms with Crippen molar-refractivity contribution >= 4 is 11.6 Å². The van der Waals surface area contributed by atoms with Crippen LogP contribution >= 0.6 is 0 Å². The Labute approximate surface area is 114 Å². The highest BCUT2D eigenvalue weighted by Gasteiger charge is 2.30. The summed E-state index contributed by atoms with van der Waals surface area (Å²) in [6.45, 7) is 3.93. The highest BCUT2D eigenvalue weighted by molar-refractivity contribution is 5.94. The van der Waals surface area contributed by atoms with Gasteiger partial charge in [0.25, 0.3) is 0 Å². The van der Waals surface area contributed by atoms with Crippen molar-refractivity contribution in [3.63, 3.8) is 0 Å². The second-order valence-corrected chi connectivity index (χ2v) is 5.35. The first-order chi connectivity index (χ1) is 9.08. The predicted octanol–water partition coefficient (Wildman–Crippen LogP) is 2.54. The molecule has 1 aromatic carbocycles. The number of carbonyl (C=O) groups is 1. The van der Waals surface area contributed by atoms with Crippen LogP contribution in [0, 0.1) is 5.92 Å². The summed E-state index contributed by atoms with van der Waals surface area (Å²) >= 11 is 0. The molecule has 4 nitrogen and oxygen atoms in total. The third-order valence-corrected chi connectivity index (χ3v) is 3.41. The molecule has 0 aromatic heterocycles. The Balaban J connectivity index is 2.08. The largest absolute Gasteiger partial charge is 0.489 e. The molecule has 2 unspecified atom stereocenters. The lowest BCUT2D eigenvalue weighted by molar-refractivity contribution is -0.120. The standard InChI is InChI=1S/C15H22N2O2/c1-10(2)19-14-9-4-3-8-13(14)17-15(18)11-6-5-7-12(11)16/h3-4,8-12H,5-7,16H2,1-2H3,(H,17,18). The van der Waals surface area contributed by atoms with Crippen LogP contribution in [0.4, 0.5) is 5.69 Å². The molecule has 3 N–H and O–H groups in total. The van der Waals surface area contributed by atoms with E-state index in [1.54, 1.807) is 0 Å². The lowest BCUT2D eigenvalue weighted by atomic mass is 10.0. The molecule has 1 aromatic rings. The molecule has 104 valence electrons. The molecular weight excluding hydrogens is 240 g/mol. The van der Waals surface area contributed by atoms with Crippen molar-refractivity contribution in [3.8, 4) is 5.75 Å². The van der Waals surface area contributed by atoms with E-state index < -0.39 is 0 Å². The van der Waals surface area contributed by atoms with E-state index in [2.05, 4.69) is 5.32 Å². The first-order valence-corrected chi connectivity index (χ1v) is 6.90. The van der Waals surface area contributed by atoms with Crippen LogP contribution in [0.25, 0.3) is 0 Å². The normalized spacial score (nSPS) is 22.5. The third-order valence-electron chi connectivity index (χ3n) is 3.41. The zero-order valence-electron chi connectivity index (χ0n) is 11.6. The Morgan fingerprint density at radius 1 is 1.37 bits per heavy atom. The Hall–Kier alpha value is -1.55. The minimum absolute atomic E-state index is 0.00445. The van der Waals surface area contributed by atoms with Gasteiger partial charge in [0.15, 0.2) is 0 Å². The monoisotopic (exact) mass is 262 g/mol. The quantitative estimate of drug-likeness (QED) is 0.876. The number of ether oxygens (including phenoxy) is 1. The molecule has 1 amide bonds. The maximum Gasteiger partial charge on any atom is 0.229 e. The number of hydrogen-bond donors (Lipinski definition) is 2. The highest BCUT2D eigenvalue weighted by Crippen LogP contribution is 2.29. The van der Waals surface area contributed by atoms with Crippen molar-refractivity contribution in [3.05, 3.63) is 24.3 Å². The lowest BCUT2D eigenvalue weighted by Crippen LogP contribution is -2.34. The van der Waals surface area contributed by atoms with Crippen LogP contribution < -0.4 is 15.8 Å². The molecule has 1 fully saturated rings. The van der Waals surface area contributed by atoms with Crippen LogP contribution in [0.15, 0.2) is 24.3 Å². The second kappa shape index (κ2) is 6.06. The summed E-state index contributed by atoms with van der Waals surface area (Å²) in [4.78, 5) is 12.2. The first-order valence-electron chi connectivity index (χ1n) is 6.90. The molecule has 1 aliphatic carbocycles. The van der Waals surface area contributed by atoms with Gasteiger partial charge < -0.3 is 15.8 Å². The Morgan fingerprint density at radius 3 is 2.74 bits per heavy atom. The van der Waals surface area contributed by atoms with Gasteiger partial charge in [-0.2, -0.15) is 0 Å². The van der Waals surface area contributed by atoms with Crippen LogP contribution in [0.2, 0.25) is 0 Å². The zero-order chi connectivity index (χ0) is 13.8. The van der Waals surface area contributed by atoms with Gasteiger partial charge in [-0.05, 0) is 38.8 Å². The molecule has 0 radical (unpaired) electrons. The number of benzene rings is 1. The minimum Gasteiger partial charge on any atom is -0.489 e. The number of carbonyl (C=O) groups excluding carboxylic acids is 1. The van der Waals surface area contributed by atoms with E-state index in [9.17, 15) is 4.79 Å². The summed E-state index contributed by atoms with van der Waals surface area (Å²) in [6.07, 6.45) is 2.91. The highest BCUT2D eigenvalue weighted by atomic mass is 16.5. The zero-order valence-corrected chi connectivity index (χ0v) is 11.6. The van der Waals surface area contributed by atoms with Gasteiger partial charge in [-0.25, -0.2) is 0 Å². The minimum atomic E-state index is -0.0768. The van der Waals surface area contributed by atoms with Gasteiger partial charge in [-0.3, -0.25) is 4.79 Å². The van der Waals surface area contributed by atoms with Crippen LogP contribution in [-0.4, -0.2) is 18.1 Å². The molecule has 0 spiro atoms. The van der Waals surface area contributed by atoms with Gasteiger partial charge in [0, 0.05) is 6.04 Å². The average molecular weight is 262 g/mol. The summed E-state index contributed by atoms with van der Waals surface area (Å²) in [5, 5.41) is 2.94. The number of amides is 1.